The lowest BCUT2D eigenvalue weighted by Gasteiger charge is -2.16. The predicted octanol–water partition coefficient (Wildman–Crippen LogP) is 0.854. The van der Waals surface area contributed by atoms with E-state index in [0.29, 0.717) is 11.2 Å². The Labute approximate surface area is 95.8 Å². The molecule has 3 unspecified atom stereocenters. The van der Waals surface area contributed by atoms with Crippen LogP contribution >= 0.6 is 11.8 Å². The Morgan fingerprint density at radius 1 is 1.53 bits per heavy atom. The van der Waals surface area contributed by atoms with Gasteiger partial charge < -0.3 is 10.6 Å². The van der Waals surface area contributed by atoms with Crippen molar-refractivity contribution in [2.45, 2.75) is 25.0 Å². The summed E-state index contributed by atoms with van der Waals surface area (Å²) in [5.74, 6) is 2.19. The van der Waals surface area contributed by atoms with Gasteiger partial charge in [-0.15, -0.1) is 0 Å². The molecule has 4 heteroatoms. The minimum atomic E-state index is 0.191. The predicted molar refractivity (Wildman–Crippen MR) is 64.0 cm³/mol. The van der Waals surface area contributed by atoms with Crippen molar-refractivity contribution in [3.05, 3.63) is 0 Å². The van der Waals surface area contributed by atoms with Crippen molar-refractivity contribution < 1.29 is 4.79 Å². The van der Waals surface area contributed by atoms with Gasteiger partial charge in [0.1, 0.15) is 0 Å². The maximum absolute atomic E-state index is 11.9. The van der Waals surface area contributed by atoms with Gasteiger partial charge in [-0.2, -0.15) is 11.8 Å². The summed E-state index contributed by atoms with van der Waals surface area (Å²) < 4.78 is 0. The average molecular weight is 228 g/mol. The first-order chi connectivity index (χ1) is 7.27. The number of nitrogens with one attached hydrogen (secondary N) is 2. The fourth-order valence-corrected chi connectivity index (χ4v) is 3.51. The molecular formula is C11H20N2OS. The smallest absolute Gasteiger partial charge is 0.224 e. The molecule has 2 rings (SSSR count). The molecule has 3 atom stereocenters. The summed E-state index contributed by atoms with van der Waals surface area (Å²) in [7, 11) is 0. The Balaban J connectivity index is 1.71. The third-order valence-electron chi connectivity index (χ3n) is 3.38. The van der Waals surface area contributed by atoms with E-state index in [1.807, 2.05) is 11.8 Å². The quantitative estimate of drug-likeness (QED) is 0.752. The molecule has 0 bridgehead atoms. The van der Waals surface area contributed by atoms with Crippen molar-refractivity contribution in [2.24, 2.45) is 11.8 Å². The minimum Gasteiger partial charge on any atom is -0.355 e. The first-order valence-corrected chi connectivity index (χ1v) is 6.92. The summed E-state index contributed by atoms with van der Waals surface area (Å²) in [5.41, 5.74) is 0. The zero-order valence-corrected chi connectivity index (χ0v) is 10.1. The van der Waals surface area contributed by atoms with Gasteiger partial charge in [-0.25, -0.2) is 0 Å². The average Bonchev–Trinajstić information content (AvgIpc) is 2.84. The molecule has 86 valence electrons. The first-order valence-electron chi connectivity index (χ1n) is 5.87. The molecule has 0 saturated carbocycles. The van der Waals surface area contributed by atoms with Gasteiger partial charge in [-0.3, -0.25) is 4.79 Å². The molecule has 2 N–H and O–H groups in total. The molecule has 2 saturated heterocycles. The topological polar surface area (TPSA) is 41.1 Å². The molecule has 0 aromatic rings. The van der Waals surface area contributed by atoms with Crippen molar-refractivity contribution in [3.8, 4) is 0 Å². The second kappa shape index (κ2) is 5.21. The van der Waals surface area contributed by atoms with E-state index >= 15 is 0 Å². The van der Waals surface area contributed by atoms with Gasteiger partial charge in [-0.05, 0) is 31.1 Å². The van der Waals surface area contributed by atoms with Crippen molar-refractivity contribution in [3.63, 3.8) is 0 Å². The SMILES string of the molecule is CC1CNCC1C(=O)NCC1CCCS1. The Hall–Kier alpha value is -0.220. The van der Waals surface area contributed by atoms with Crippen molar-refractivity contribution in [1.29, 1.82) is 0 Å². The molecule has 1 amide bonds. The van der Waals surface area contributed by atoms with E-state index in [0.717, 1.165) is 19.6 Å². The van der Waals surface area contributed by atoms with Crippen LogP contribution in [0.15, 0.2) is 0 Å². The number of hydrogen-bond donors (Lipinski definition) is 2. The highest BCUT2D eigenvalue weighted by Crippen LogP contribution is 2.25. The summed E-state index contributed by atoms with van der Waals surface area (Å²) in [6, 6.07) is 0. The van der Waals surface area contributed by atoms with Gasteiger partial charge >= 0.3 is 0 Å². The molecule has 2 aliphatic rings. The van der Waals surface area contributed by atoms with Crippen LogP contribution in [0.25, 0.3) is 0 Å². The Morgan fingerprint density at radius 3 is 3.00 bits per heavy atom. The monoisotopic (exact) mass is 228 g/mol. The van der Waals surface area contributed by atoms with Crippen LogP contribution in [0.1, 0.15) is 19.8 Å². The summed E-state index contributed by atoms with van der Waals surface area (Å²) in [6.45, 7) is 4.85. The van der Waals surface area contributed by atoms with E-state index in [1.165, 1.54) is 18.6 Å². The van der Waals surface area contributed by atoms with E-state index in [-0.39, 0.29) is 11.8 Å². The Kier molecular flexibility index (Phi) is 3.92. The summed E-state index contributed by atoms with van der Waals surface area (Å²) in [6.07, 6.45) is 2.58. The first kappa shape index (κ1) is 11.3. The fraction of sp³-hybridized carbons (Fsp3) is 0.909. The maximum Gasteiger partial charge on any atom is 0.224 e. The number of hydrogen-bond acceptors (Lipinski definition) is 3. The van der Waals surface area contributed by atoms with Crippen LogP contribution in [-0.4, -0.2) is 36.5 Å². The van der Waals surface area contributed by atoms with E-state index < -0.39 is 0 Å². The molecule has 2 fully saturated rings. The number of rotatable bonds is 3. The molecule has 15 heavy (non-hydrogen) atoms. The van der Waals surface area contributed by atoms with Crippen LogP contribution in [0.3, 0.4) is 0 Å². The van der Waals surface area contributed by atoms with E-state index in [4.69, 9.17) is 0 Å². The fourth-order valence-electron chi connectivity index (χ4n) is 2.31. The van der Waals surface area contributed by atoms with E-state index in [2.05, 4.69) is 17.6 Å². The van der Waals surface area contributed by atoms with Crippen molar-refractivity contribution in [1.82, 2.24) is 10.6 Å². The van der Waals surface area contributed by atoms with Crippen LogP contribution in [0.2, 0.25) is 0 Å². The highest BCUT2D eigenvalue weighted by Gasteiger charge is 2.29. The van der Waals surface area contributed by atoms with Gasteiger partial charge in [0.05, 0.1) is 5.92 Å². The molecule has 0 spiro atoms. The molecule has 0 aliphatic carbocycles. The molecular weight excluding hydrogens is 208 g/mol. The standard InChI is InChI=1S/C11H20N2OS/c1-8-5-12-7-10(8)11(14)13-6-9-3-2-4-15-9/h8-10,12H,2-7H2,1H3,(H,13,14). The van der Waals surface area contributed by atoms with E-state index in [9.17, 15) is 4.79 Å². The Bertz CT molecular complexity index is 229. The summed E-state index contributed by atoms with van der Waals surface area (Å²) in [5, 5.41) is 7.03. The maximum atomic E-state index is 11.9. The normalized spacial score (nSPS) is 35.7. The van der Waals surface area contributed by atoms with Crippen LogP contribution in [0, 0.1) is 11.8 Å². The van der Waals surface area contributed by atoms with Gasteiger partial charge in [0, 0.05) is 18.3 Å². The van der Waals surface area contributed by atoms with Gasteiger partial charge in [0.2, 0.25) is 5.91 Å². The van der Waals surface area contributed by atoms with Crippen LogP contribution in [0.4, 0.5) is 0 Å². The molecule has 0 aromatic carbocycles. The number of thioether (sulfide) groups is 1. The Morgan fingerprint density at radius 2 is 2.40 bits per heavy atom. The molecule has 3 nitrogen and oxygen atoms in total. The van der Waals surface area contributed by atoms with E-state index in [1.54, 1.807) is 0 Å². The molecule has 2 aliphatic heterocycles. The number of amides is 1. The van der Waals surface area contributed by atoms with Gasteiger partial charge in [0.25, 0.3) is 0 Å². The third kappa shape index (κ3) is 2.88. The molecule has 0 radical (unpaired) electrons. The third-order valence-corrected chi connectivity index (χ3v) is 4.78. The lowest BCUT2D eigenvalue weighted by molar-refractivity contribution is -0.125. The highest BCUT2D eigenvalue weighted by atomic mass is 32.2. The van der Waals surface area contributed by atoms with Gasteiger partial charge in [-0.1, -0.05) is 6.92 Å². The lowest BCUT2D eigenvalue weighted by atomic mass is 9.97. The lowest BCUT2D eigenvalue weighted by Crippen LogP contribution is -2.37. The minimum absolute atomic E-state index is 0.191. The summed E-state index contributed by atoms with van der Waals surface area (Å²) >= 11 is 2.00. The largest absolute Gasteiger partial charge is 0.355 e. The second-order valence-electron chi connectivity index (χ2n) is 4.62. The zero-order chi connectivity index (χ0) is 10.7. The zero-order valence-electron chi connectivity index (χ0n) is 9.29. The number of carbonyl (C=O) groups excluding carboxylic acids is 1. The summed E-state index contributed by atoms with van der Waals surface area (Å²) in [4.78, 5) is 11.9. The molecule has 2 heterocycles. The van der Waals surface area contributed by atoms with Crippen LogP contribution < -0.4 is 10.6 Å². The number of carbonyl (C=O) groups is 1. The van der Waals surface area contributed by atoms with Crippen LogP contribution in [0.5, 0.6) is 0 Å². The van der Waals surface area contributed by atoms with Crippen molar-refractivity contribution in [2.75, 3.05) is 25.4 Å². The highest BCUT2D eigenvalue weighted by molar-refractivity contribution is 8.00. The second-order valence-corrected chi connectivity index (χ2v) is 6.03. The van der Waals surface area contributed by atoms with Gasteiger partial charge in [0.15, 0.2) is 0 Å². The van der Waals surface area contributed by atoms with Crippen LogP contribution in [-0.2, 0) is 4.79 Å². The van der Waals surface area contributed by atoms with Crippen molar-refractivity contribution >= 4 is 17.7 Å². The molecule has 0 aromatic heterocycles.